The summed E-state index contributed by atoms with van der Waals surface area (Å²) in [4.78, 5) is 11.5. The Bertz CT molecular complexity index is 466. The molecule has 1 amide bonds. The van der Waals surface area contributed by atoms with Crippen LogP contribution in [0.2, 0.25) is 0 Å². The molecule has 0 fully saturated rings. The Labute approximate surface area is 102 Å². The zero-order chi connectivity index (χ0) is 13.9. The number of hydrogen-bond acceptors (Lipinski definition) is 3. The summed E-state index contributed by atoms with van der Waals surface area (Å²) in [5, 5.41) is 14.1. The Morgan fingerprint density at radius 2 is 2.00 bits per heavy atom. The van der Waals surface area contributed by atoms with E-state index in [1.807, 2.05) is 0 Å². The van der Waals surface area contributed by atoms with E-state index in [1.54, 1.807) is 14.0 Å². The molecule has 1 aromatic carbocycles. The van der Waals surface area contributed by atoms with Crippen molar-refractivity contribution in [1.82, 2.24) is 10.6 Å². The van der Waals surface area contributed by atoms with Gasteiger partial charge in [-0.25, -0.2) is 8.78 Å². The molecule has 0 aliphatic carbocycles. The molecule has 0 heterocycles. The van der Waals surface area contributed by atoms with Gasteiger partial charge >= 0.3 is 0 Å². The SMILES string of the molecule is CNC(C)CNC(=O)c1cc(F)c(F)c(O)c1F. The van der Waals surface area contributed by atoms with Gasteiger partial charge in [-0.3, -0.25) is 4.79 Å². The Morgan fingerprint density at radius 1 is 1.39 bits per heavy atom. The molecule has 0 spiro atoms. The molecular weight excluding hydrogens is 249 g/mol. The lowest BCUT2D eigenvalue weighted by molar-refractivity contribution is 0.0944. The molecule has 18 heavy (non-hydrogen) atoms. The minimum absolute atomic E-state index is 0.0732. The van der Waals surface area contributed by atoms with Gasteiger partial charge in [-0.1, -0.05) is 0 Å². The molecule has 0 bridgehead atoms. The number of halogens is 3. The molecule has 1 aromatic rings. The van der Waals surface area contributed by atoms with Crippen LogP contribution in [0.15, 0.2) is 6.07 Å². The number of phenols is 1. The van der Waals surface area contributed by atoms with Crippen LogP contribution in [-0.4, -0.2) is 30.6 Å². The summed E-state index contributed by atoms with van der Waals surface area (Å²) in [6, 6.07) is 0.333. The third kappa shape index (κ3) is 2.92. The molecule has 0 saturated carbocycles. The fourth-order valence-electron chi connectivity index (χ4n) is 1.20. The standard InChI is InChI=1S/C11H13F3N2O2/c1-5(15-2)4-16-11(18)6-3-7(12)9(14)10(17)8(6)13/h3,5,15,17H,4H2,1-2H3,(H,16,18). The third-order valence-corrected chi connectivity index (χ3v) is 2.44. The van der Waals surface area contributed by atoms with Crippen molar-refractivity contribution >= 4 is 5.91 Å². The van der Waals surface area contributed by atoms with Crippen molar-refractivity contribution in [1.29, 1.82) is 0 Å². The van der Waals surface area contributed by atoms with E-state index in [9.17, 15) is 18.0 Å². The lowest BCUT2D eigenvalue weighted by Crippen LogP contribution is -2.37. The molecule has 1 atom stereocenters. The van der Waals surface area contributed by atoms with Crippen LogP contribution in [0.1, 0.15) is 17.3 Å². The van der Waals surface area contributed by atoms with Gasteiger partial charge in [0, 0.05) is 12.6 Å². The zero-order valence-electron chi connectivity index (χ0n) is 9.85. The predicted octanol–water partition coefficient (Wildman–Crippen LogP) is 1.15. The second-order valence-corrected chi connectivity index (χ2v) is 3.78. The molecule has 7 heteroatoms. The maximum Gasteiger partial charge on any atom is 0.254 e. The van der Waals surface area contributed by atoms with Gasteiger partial charge in [0.2, 0.25) is 5.82 Å². The number of rotatable bonds is 4. The van der Waals surface area contributed by atoms with E-state index in [2.05, 4.69) is 10.6 Å². The Hall–Kier alpha value is -1.76. The lowest BCUT2D eigenvalue weighted by atomic mass is 10.1. The van der Waals surface area contributed by atoms with Crippen molar-refractivity contribution in [3.8, 4) is 5.75 Å². The normalized spacial score (nSPS) is 12.3. The largest absolute Gasteiger partial charge is 0.503 e. The first kappa shape index (κ1) is 14.3. The van der Waals surface area contributed by atoms with Crippen molar-refractivity contribution in [3.63, 3.8) is 0 Å². The minimum Gasteiger partial charge on any atom is -0.503 e. The molecule has 1 rings (SSSR count). The van der Waals surface area contributed by atoms with E-state index in [0.29, 0.717) is 6.07 Å². The fraction of sp³-hybridized carbons (Fsp3) is 0.364. The van der Waals surface area contributed by atoms with E-state index < -0.39 is 34.7 Å². The first-order valence-corrected chi connectivity index (χ1v) is 5.20. The lowest BCUT2D eigenvalue weighted by Gasteiger charge is -2.12. The molecular formula is C11H13F3N2O2. The molecule has 3 N–H and O–H groups in total. The Kier molecular flexibility index (Phi) is 4.55. The summed E-state index contributed by atoms with van der Waals surface area (Å²) in [5.41, 5.74) is -0.741. The van der Waals surface area contributed by atoms with Crippen molar-refractivity contribution < 1.29 is 23.1 Å². The molecule has 4 nitrogen and oxygen atoms in total. The maximum absolute atomic E-state index is 13.4. The van der Waals surface area contributed by atoms with Gasteiger partial charge < -0.3 is 15.7 Å². The minimum atomic E-state index is -1.72. The number of likely N-dealkylation sites (N-methyl/N-ethyl adjacent to an activating group) is 1. The van der Waals surface area contributed by atoms with Crippen molar-refractivity contribution in [3.05, 3.63) is 29.1 Å². The maximum atomic E-state index is 13.4. The summed E-state index contributed by atoms with van der Waals surface area (Å²) in [6.07, 6.45) is 0. The second-order valence-electron chi connectivity index (χ2n) is 3.78. The van der Waals surface area contributed by atoms with Gasteiger partial charge in [0.05, 0.1) is 5.56 Å². The number of hydrogen-bond donors (Lipinski definition) is 3. The highest BCUT2D eigenvalue weighted by Crippen LogP contribution is 2.25. The Balaban J connectivity index is 2.93. The fourth-order valence-corrected chi connectivity index (χ4v) is 1.20. The van der Waals surface area contributed by atoms with Crippen LogP contribution in [0.5, 0.6) is 5.75 Å². The predicted molar refractivity (Wildman–Crippen MR) is 58.8 cm³/mol. The van der Waals surface area contributed by atoms with Crippen LogP contribution in [0.3, 0.4) is 0 Å². The van der Waals surface area contributed by atoms with Gasteiger partial charge in [0.1, 0.15) is 0 Å². The summed E-state index contributed by atoms with van der Waals surface area (Å²) in [7, 11) is 1.67. The van der Waals surface area contributed by atoms with E-state index in [4.69, 9.17) is 5.11 Å². The van der Waals surface area contributed by atoms with E-state index in [1.165, 1.54) is 0 Å². The molecule has 0 radical (unpaired) electrons. The van der Waals surface area contributed by atoms with Gasteiger partial charge in [0.15, 0.2) is 17.4 Å². The van der Waals surface area contributed by atoms with Crippen molar-refractivity contribution in [2.45, 2.75) is 13.0 Å². The highest BCUT2D eigenvalue weighted by Gasteiger charge is 2.22. The van der Waals surface area contributed by atoms with E-state index in [0.717, 1.165) is 0 Å². The van der Waals surface area contributed by atoms with Crippen molar-refractivity contribution in [2.75, 3.05) is 13.6 Å². The first-order chi connectivity index (χ1) is 8.38. The average Bonchev–Trinajstić information content (AvgIpc) is 2.37. The van der Waals surface area contributed by atoms with Crippen LogP contribution < -0.4 is 10.6 Å². The zero-order valence-corrected chi connectivity index (χ0v) is 9.85. The van der Waals surface area contributed by atoms with E-state index in [-0.39, 0.29) is 12.6 Å². The van der Waals surface area contributed by atoms with Crippen LogP contribution in [0, 0.1) is 17.5 Å². The van der Waals surface area contributed by atoms with Crippen LogP contribution in [0.25, 0.3) is 0 Å². The summed E-state index contributed by atoms with van der Waals surface area (Å²) in [6.45, 7) is 1.94. The molecule has 0 aliphatic rings. The third-order valence-electron chi connectivity index (χ3n) is 2.44. The number of carbonyl (C=O) groups excluding carboxylic acids is 1. The number of benzene rings is 1. The van der Waals surface area contributed by atoms with E-state index >= 15 is 0 Å². The quantitative estimate of drug-likeness (QED) is 0.713. The summed E-state index contributed by atoms with van der Waals surface area (Å²) >= 11 is 0. The molecule has 0 aromatic heterocycles. The number of carbonyl (C=O) groups is 1. The molecule has 1 unspecified atom stereocenters. The van der Waals surface area contributed by atoms with Gasteiger partial charge in [-0.05, 0) is 20.0 Å². The number of nitrogens with one attached hydrogen (secondary N) is 2. The van der Waals surface area contributed by atoms with Crippen molar-refractivity contribution in [2.24, 2.45) is 0 Å². The van der Waals surface area contributed by atoms with Gasteiger partial charge in [-0.2, -0.15) is 4.39 Å². The highest BCUT2D eigenvalue weighted by atomic mass is 19.2. The topological polar surface area (TPSA) is 61.4 Å². The molecule has 0 saturated heterocycles. The van der Waals surface area contributed by atoms with Gasteiger partial charge in [-0.15, -0.1) is 0 Å². The van der Waals surface area contributed by atoms with Crippen LogP contribution in [0.4, 0.5) is 13.2 Å². The number of aromatic hydroxyl groups is 1. The highest BCUT2D eigenvalue weighted by molar-refractivity contribution is 5.95. The monoisotopic (exact) mass is 262 g/mol. The molecule has 100 valence electrons. The van der Waals surface area contributed by atoms with Gasteiger partial charge in [0.25, 0.3) is 5.91 Å². The molecule has 0 aliphatic heterocycles. The number of amides is 1. The Morgan fingerprint density at radius 3 is 2.56 bits per heavy atom. The van der Waals surface area contributed by atoms with Crippen LogP contribution in [-0.2, 0) is 0 Å². The van der Waals surface area contributed by atoms with Crippen LogP contribution >= 0.6 is 0 Å². The smallest absolute Gasteiger partial charge is 0.254 e. The summed E-state index contributed by atoms with van der Waals surface area (Å²) < 4.78 is 39.1. The number of phenolic OH excluding ortho intramolecular Hbond substituents is 1. The average molecular weight is 262 g/mol. The first-order valence-electron chi connectivity index (χ1n) is 5.20. The second kappa shape index (κ2) is 5.72. The summed E-state index contributed by atoms with van der Waals surface area (Å²) in [5.74, 6) is -7.11.